The van der Waals surface area contributed by atoms with Crippen LogP contribution < -0.4 is 10.5 Å². The number of aryl methyl sites for hydroxylation is 1. The van der Waals surface area contributed by atoms with E-state index in [2.05, 4.69) is 0 Å². The van der Waals surface area contributed by atoms with Gasteiger partial charge in [0.2, 0.25) is 0 Å². The molecule has 2 nitrogen and oxygen atoms in total. The Labute approximate surface area is 118 Å². The summed E-state index contributed by atoms with van der Waals surface area (Å²) in [6.45, 7) is 2.30. The van der Waals surface area contributed by atoms with E-state index in [4.69, 9.17) is 10.5 Å². The molecule has 19 heavy (non-hydrogen) atoms. The van der Waals surface area contributed by atoms with Gasteiger partial charge >= 0.3 is 0 Å². The van der Waals surface area contributed by atoms with Crippen molar-refractivity contribution in [2.24, 2.45) is 5.73 Å². The lowest BCUT2D eigenvalue weighted by atomic mass is 9.99. The van der Waals surface area contributed by atoms with Gasteiger partial charge in [0.1, 0.15) is 11.6 Å². The highest BCUT2D eigenvalue weighted by atomic mass is 35.5. The van der Waals surface area contributed by atoms with Crippen LogP contribution in [-0.4, -0.2) is 7.11 Å². The second kappa shape index (κ2) is 6.55. The van der Waals surface area contributed by atoms with Crippen molar-refractivity contribution in [2.75, 3.05) is 7.11 Å². The minimum Gasteiger partial charge on any atom is -0.496 e. The van der Waals surface area contributed by atoms with Gasteiger partial charge < -0.3 is 10.5 Å². The van der Waals surface area contributed by atoms with Crippen molar-refractivity contribution in [1.82, 2.24) is 0 Å². The molecule has 0 heterocycles. The van der Waals surface area contributed by atoms with Crippen LogP contribution in [0, 0.1) is 12.7 Å². The number of methoxy groups -OCH3 is 1. The van der Waals surface area contributed by atoms with Gasteiger partial charge in [-0.3, -0.25) is 0 Å². The van der Waals surface area contributed by atoms with Gasteiger partial charge in [-0.25, -0.2) is 4.39 Å². The van der Waals surface area contributed by atoms with E-state index in [1.807, 2.05) is 25.1 Å². The fourth-order valence-corrected chi connectivity index (χ4v) is 2.14. The first-order chi connectivity index (χ1) is 8.67. The monoisotopic (exact) mass is 281 g/mol. The van der Waals surface area contributed by atoms with Crippen LogP contribution in [0.1, 0.15) is 11.1 Å². The average Bonchev–Trinajstić information content (AvgIpc) is 2.38. The third-order valence-electron chi connectivity index (χ3n) is 2.96. The fraction of sp³-hybridized carbons (Fsp3) is 0.200. The molecule has 0 spiro atoms. The molecule has 0 amide bonds. The third kappa shape index (κ3) is 3.06. The zero-order valence-corrected chi connectivity index (χ0v) is 11.8. The number of hydrogen-bond donors (Lipinski definition) is 1. The van der Waals surface area contributed by atoms with E-state index in [1.165, 1.54) is 6.07 Å². The molecule has 0 atom stereocenters. The maximum absolute atomic E-state index is 13.8. The lowest BCUT2D eigenvalue weighted by Gasteiger charge is -2.13. The quantitative estimate of drug-likeness (QED) is 0.931. The molecule has 4 heteroatoms. The van der Waals surface area contributed by atoms with Gasteiger partial charge in [0.15, 0.2) is 0 Å². The summed E-state index contributed by atoms with van der Waals surface area (Å²) < 4.78 is 19.1. The number of ether oxygens (including phenoxy) is 1. The van der Waals surface area contributed by atoms with Crippen molar-refractivity contribution in [2.45, 2.75) is 13.5 Å². The minimum atomic E-state index is -0.231. The summed E-state index contributed by atoms with van der Waals surface area (Å²) >= 11 is 0. The molecule has 2 aromatic rings. The van der Waals surface area contributed by atoms with Crippen molar-refractivity contribution in [3.05, 3.63) is 53.3 Å². The van der Waals surface area contributed by atoms with Crippen LogP contribution in [0.15, 0.2) is 36.4 Å². The third-order valence-corrected chi connectivity index (χ3v) is 2.96. The molecule has 2 rings (SSSR count). The van der Waals surface area contributed by atoms with E-state index >= 15 is 0 Å². The summed E-state index contributed by atoms with van der Waals surface area (Å²) in [6.07, 6.45) is 0. The molecular formula is C15H17ClFNO. The normalized spacial score (nSPS) is 9.89. The Morgan fingerprint density at radius 2 is 1.89 bits per heavy atom. The molecule has 0 aromatic heterocycles. The zero-order chi connectivity index (χ0) is 13.1. The van der Waals surface area contributed by atoms with Gasteiger partial charge in [0.25, 0.3) is 0 Å². The van der Waals surface area contributed by atoms with Crippen LogP contribution in [0.4, 0.5) is 4.39 Å². The van der Waals surface area contributed by atoms with Crippen LogP contribution in [-0.2, 0) is 6.54 Å². The molecule has 0 aliphatic rings. The van der Waals surface area contributed by atoms with Crippen LogP contribution >= 0.6 is 12.4 Å². The number of halogens is 2. The van der Waals surface area contributed by atoms with E-state index in [-0.39, 0.29) is 18.2 Å². The second-order valence-electron chi connectivity index (χ2n) is 4.17. The number of rotatable bonds is 3. The molecule has 2 N–H and O–H groups in total. The highest BCUT2D eigenvalue weighted by Gasteiger charge is 2.11. The van der Waals surface area contributed by atoms with Crippen LogP contribution in [0.3, 0.4) is 0 Å². The predicted octanol–water partition coefficient (Wildman–Crippen LogP) is 3.69. The Kier molecular flexibility index (Phi) is 5.33. The Bertz CT molecular complexity index is 572. The lowest BCUT2D eigenvalue weighted by molar-refractivity contribution is 0.407. The van der Waals surface area contributed by atoms with Crippen molar-refractivity contribution in [1.29, 1.82) is 0 Å². The first-order valence-corrected chi connectivity index (χ1v) is 5.80. The largest absolute Gasteiger partial charge is 0.496 e. The van der Waals surface area contributed by atoms with E-state index < -0.39 is 0 Å². The SMILES string of the molecule is COc1c(C)cc(-c2ccccc2F)cc1CN.Cl. The van der Waals surface area contributed by atoms with Crippen molar-refractivity contribution in [3.8, 4) is 16.9 Å². The topological polar surface area (TPSA) is 35.2 Å². The van der Waals surface area contributed by atoms with Gasteiger partial charge in [-0.2, -0.15) is 0 Å². The second-order valence-corrected chi connectivity index (χ2v) is 4.17. The molecule has 0 aliphatic carbocycles. The van der Waals surface area contributed by atoms with Crippen LogP contribution in [0.2, 0.25) is 0 Å². The lowest BCUT2D eigenvalue weighted by Crippen LogP contribution is -2.02. The fourth-order valence-electron chi connectivity index (χ4n) is 2.14. The molecule has 0 unspecified atom stereocenters. The maximum Gasteiger partial charge on any atom is 0.131 e. The zero-order valence-electron chi connectivity index (χ0n) is 10.9. The molecule has 0 saturated heterocycles. The number of nitrogens with two attached hydrogens (primary N) is 1. The van der Waals surface area contributed by atoms with E-state index in [9.17, 15) is 4.39 Å². The Hall–Kier alpha value is -1.58. The molecule has 0 saturated carbocycles. The molecule has 0 aliphatic heterocycles. The van der Waals surface area contributed by atoms with Crippen molar-refractivity contribution < 1.29 is 9.13 Å². The molecule has 0 fully saturated rings. The van der Waals surface area contributed by atoms with Gasteiger partial charge in [0, 0.05) is 17.7 Å². The molecular weight excluding hydrogens is 265 g/mol. The van der Waals surface area contributed by atoms with E-state index in [0.29, 0.717) is 12.1 Å². The van der Waals surface area contributed by atoms with E-state index in [0.717, 1.165) is 22.4 Å². The highest BCUT2D eigenvalue weighted by Crippen LogP contribution is 2.31. The minimum absolute atomic E-state index is 0. The molecule has 2 aromatic carbocycles. The Balaban J connectivity index is 0.00000180. The summed E-state index contributed by atoms with van der Waals surface area (Å²) in [5, 5.41) is 0. The van der Waals surface area contributed by atoms with Crippen molar-refractivity contribution >= 4 is 12.4 Å². The Morgan fingerprint density at radius 1 is 1.21 bits per heavy atom. The standard InChI is InChI=1S/C15H16FNO.ClH/c1-10-7-11(8-12(9-17)15(10)18-2)13-5-3-4-6-14(13)16;/h3-8H,9,17H2,1-2H3;1H. The van der Waals surface area contributed by atoms with Crippen molar-refractivity contribution in [3.63, 3.8) is 0 Å². The average molecular weight is 282 g/mol. The molecule has 0 bridgehead atoms. The van der Waals surface area contributed by atoms with Gasteiger partial charge in [0.05, 0.1) is 7.11 Å². The smallest absolute Gasteiger partial charge is 0.131 e. The van der Waals surface area contributed by atoms with Gasteiger partial charge in [-0.15, -0.1) is 12.4 Å². The first-order valence-electron chi connectivity index (χ1n) is 5.80. The highest BCUT2D eigenvalue weighted by molar-refractivity contribution is 5.85. The Morgan fingerprint density at radius 3 is 2.47 bits per heavy atom. The number of hydrogen-bond acceptors (Lipinski definition) is 2. The van der Waals surface area contributed by atoms with Gasteiger partial charge in [-0.05, 0) is 36.2 Å². The molecule has 102 valence electrons. The summed E-state index contributed by atoms with van der Waals surface area (Å²) in [4.78, 5) is 0. The first kappa shape index (κ1) is 15.5. The van der Waals surface area contributed by atoms with Crippen LogP contribution in [0.25, 0.3) is 11.1 Å². The maximum atomic E-state index is 13.8. The predicted molar refractivity (Wildman–Crippen MR) is 78.3 cm³/mol. The summed E-state index contributed by atoms with van der Waals surface area (Å²) in [6, 6.07) is 10.5. The summed E-state index contributed by atoms with van der Waals surface area (Å²) in [7, 11) is 1.62. The molecule has 0 radical (unpaired) electrons. The summed E-state index contributed by atoms with van der Waals surface area (Å²) in [5.41, 5.74) is 8.96. The van der Waals surface area contributed by atoms with Crippen LogP contribution in [0.5, 0.6) is 5.75 Å². The summed E-state index contributed by atoms with van der Waals surface area (Å²) in [5.74, 6) is 0.544. The van der Waals surface area contributed by atoms with Gasteiger partial charge in [-0.1, -0.05) is 18.2 Å². The number of benzene rings is 2. The van der Waals surface area contributed by atoms with E-state index in [1.54, 1.807) is 19.2 Å².